The summed E-state index contributed by atoms with van der Waals surface area (Å²) in [7, 11) is 3.23. The molecule has 4 N–H and O–H groups in total. The highest BCUT2D eigenvalue weighted by Crippen LogP contribution is 2.35. The van der Waals surface area contributed by atoms with Gasteiger partial charge in [-0.2, -0.15) is 0 Å². The molecule has 0 fully saturated rings. The van der Waals surface area contributed by atoms with Gasteiger partial charge >= 0.3 is 0 Å². The van der Waals surface area contributed by atoms with Crippen molar-refractivity contribution in [3.63, 3.8) is 0 Å². The van der Waals surface area contributed by atoms with E-state index in [4.69, 9.17) is 20.4 Å². The maximum atomic E-state index is 8.69. The van der Waals surface area contributed by atoms with Crippen LogP contribution in [0.25, 0.3) is 0 Å². The van der Waals surface area contributed by atoms with E-state index in [1.807, 2.05) is 12.1 Å². The van der Waals surface area contributed by atoms with Crippen molar-refractivity contribution in [2.45, 2.75) is 18.9 Å². The molecule has 6 heteroatoms. The van der Waals surface area contributed by atoms with E-state index < -0.39 is 0 Å². The third kappa shape index (κ3) is 2.73. The molecule has 1 aromatic rings. The fraction of sp³-hybridized carbons (Fsp3) is 0.462. The topological polar surface area (TPSA) is 89.1 Å². The maximum absolute atomic E-state index is 8.69. The van der Waals surface area contributed by atoms with E-state index in [2.05, 4.69) is 10.5 Å². The summed E-state index contributed by atoms with van der Waals surface area (Å²) in [5.74, 6) is 1.63. The molecule has 1 aliphatic rings. The summed E-state index contributed by atoms with van der Waals surface area (Å²) in [5, 5.41) is 15.1. The van der Waals surface area contributed by atoms with Crippen molar-refractivity contribution in [2.75, 3.05) is 20.8 Å². The molecule has 0 aromatic heterocycles. The number of benzene rings is 1. The third-order valence-electron chi connectivity index (χ3n) is 3.35. The van der Waals surface area contributed by atoms with Crippen molar-refractivity contribution in [1.82, 2.24) is 5.32 Å². The zero-order chi connectivity index (χ0) is 13.8. The molecular formula is C13H19N3O3. The van der Waals surface area contributed by atoms with Gasteiger partial charge in [-0.1, -0.05) is 5.16 Å². The number of hydrogen-bond donors (Lipinski definition) is 3. The summed E-state index contributed by atoms with van der Waals surface area (Å²) in [6.07, 6.45) is 1.38. The normalized spacial score (nSPS) is 18.8. The molecule has 0 bridgehead atoms. The fourth-order valence-electron chi connectivity index (χ4n) is 2.40. The van der Waals surface area contributed by atoms with Crippen molar-refractivity contribution < 1.29 is 14.7 Å². The first kappa shape index (κ1) is 13.5. The Hall–Kier alpha value is -1.95. The smallest absolute Gasteiger partial charge is 0.161 e. The number of ether oxygens (including phenoxy) is 2. The lowest BCUT2D eigenvalue weighted by molar-refractivity contribution is 0.315. The quantitative estimate of drug-likeness (QED) is 0.327. The molecule has 1 heterocycles. The first-order chi connectivity index (χ1) is 9.19. The molecule has 19 heavy (non-hydrogen) atoms. The van der Waals surface area contributed by atoms with E-state index in [1.54, 1.807) is 14.2 Å². The largest absolute Gasteiger partial charge is 0.493 e. The van der Waals surface area contributed by atoms with Crippen LogP contribution in [0.15, 0.2) is 17.3 Å². The summed E-state index contributed by atoms with van der Waals surface area (Å²) in [6, 6.07) is 3.98. The molecule has 1 atom stereocenters. The van der Waals surface area contributed by atoms with E-state index in [-0.39, 0.29) is 11.9 Å². The Morgan fingerprint density at radius 2 is 2.11 bits per heavy atom. The minimum absolute atomic E-state index is 0.0273. The molecule has 0 amide bonds. The first-order valence-electron chi connectivity index (χ1n) is 6.14. The van der Waals surface area contributed by atoms with Gasteiger partial charge in [0.05, 0.1) is 14.2 Å². The molecule has 0 saturated heterocycles. The van der Waals surface area contributed by atoms with Crippen molar-refractivity contribution >= 4 is 5.84 Å². The van der Waals surface area contributed by atoms with Crippen LogP contribution in [0, 0.1) is 0 Å². The predicted molar refractivity (Wildman–Crippen MR) is 72.0 cm³/mol. The van der Waals surface area contributed by atoms with Gasteiger partial charge in [-0.05, 0) is 36.2 Å². The molecule has 1 aromatic carbocycles. The monoisotopic (exact) mass is 265 g/mol. The van der Waals surface area contributed by atoms with Gasteiger partial charge in [0.25, 0.3) is 0 Å². The van der Waals surface area contributed by atoms with Crippen LogP contribution < -0.4 is 20.5 Å². The number of methoxy groups -OCH3 is 2. The van der Waals surface area contributed by atoms with Gasteiger partial charge in [0.1, 0.15) is 5.84 Å². The van der Waals surface area contributed by atoms with Gasteiger partial charge in [0.2, 0.25) is 0 Å². The second-order valence-electron chi connectivity index (χ2n) is 4.46. The number of amidine groups is 1. The van der Waals surface area contributed by atoms with Crippen LogP contribution in [0.5, 0.6) is 11.5 Å². The molecule has 0 radical (unpaired) electrons. The number of nitrogens with two attached hydrogens (primary N) is 1. The fourth-order valence-corrected chi connectivity index (χ4v) is 2.40. The standard InChI is InChI=1S/C13H19N3O3/c1-18-11-5-8-3-4-15-10(7-13(14)16-17)9(8)6-12(11)19-2/h5-6,10,15,17H,3-4,7H2,1-2H3,(H2,14,16). The highest BCUT2D eigenvalue weighted by molar-refractivity contribution is 5.80. The second-order valence-corrected chi connectivity index (χ2v) is 4.46. The van der Waals surface area contributed by atoms with E-state index in [9.17, 15) is 0 Å². The zero-order valence-corrected chi connectivity index (χ0v) is 11.1. The minimum atomic E-state index is 0.0273. The molecule has 0 aliphatic carbocycles. The Morgan fingerprint density at radius 3 is 2.74 bits per heavy atom. The molecule has 0 spiro atoms. The van der Waals surface area contributed by atoms with E-state index in [1.165, 1.54) is 5.56 Å². The lowest BCUT2D eigenvalue weighted by Gasteiger charge is -2.27. The minimum Gasteiger partial charge on any atom is -0.493 e. The Labute approximate surface area is 112 Å². The van der Waals surface area contributed by atoms with Crippen LogP contribution >= 0.6 is 0 Å². The van der Waals surface area contributed by atoms with Crippen molar-refractivity contribution in [3.05, 3.63) is 23.3 Å². The van der Waals surface area contributed by atoms with Gasteiger partial charge < -0.3 is 25.7 Å². The average Bonchev–Trinajstić information content (AvgIpc) is 2.45. The van der Waals surface area contributed by atoms with E-state index in [0.717, 1.165) is 24.3 Å². The Bertz CT molecular complexity index is 488. The Balaban J connectivity index is 2.37. The lowest BCUT2D eigenvalue weighted by atomic mass is 9.91. The van der Waals surface area contributed by atoms with Gasteiger partial charge in [-0.15, -0.1) is 0 Å². The van der Waals surface area contributed by atoms with Crippen LogP contribution in [-0.4, -0.2) is 31.8 Å². The SMILES string of the molecule is COc1cc2c(cc1OC)C(CC(N)=NO)NCC2. The molecule has 2 rings (SSSR count). The average molecular weight is 265 g/mol. The first-order valence-corrected chi connectivity index (χ1v) is 6.14. The van der Waals surface area contributed by atoms with Gasteiger partial charge in [0.15, 0.2) is 11.5 Å². The van der Waals surface area contributed by atoms with E-state index in [0.29, 0.717) is 12.2 Å². The molecule has 1 unspecified atom stereocenters. The highest BCUT2D eigenvalue weighted by atomic mass is 16.5. The summed E-state index contributed by atoms with van der Waals surface area (Å²) in [6.45, 7) is 0.853. The van der Waals surface area contributed by atoms with E-state index >= 15 is 0 Å². The van der Waals surface area contributed by atoms with Crippen LogP contribution in [0.1, 0.15) is 23.6 Å². The van der Waals surface area contributed by atoms with Crippen LogP contribution in [0.3, 0.4) is 0 Å². The van der Waals surface area contributed by atoms with Crippen LogP contribution in [0.2, 0.25) is 0 Å². The Morgan fingerprint density at radius 1 is 1.42 bits per heavy atom. The lowest BCUT2D eigenvalue weighted by Crippen LogP contribution is -2.33. The predicted octanol–water partition coefficient (Wildman–Crippen LogP) is 1.03. The van der Waals surface area contributed by atoms with Crippen LogP contribution in [-0.2, 0) is 6.42 Å². The van der Waals surface area contributed by atoms with Crippen molar-refractivity contribution in [1.29, 1.82) is 0 Å². The van der Waals surface area contributed by atoms with Gasteiger partial charge in [0, 0.05) is 12.5 Å². The van der Waals surface area contributed by atoms with Gasteiger partial charge in [-0.3, -0.25) is 0 Å². The summed E-state index contributed by atoms with van der Waals surface area (Å²) >= 11 is 0. The summed E-state index contributed by atoms with van der Waals surface area (Å²) < 4.78 is 10.6. The number of hydrogen-bond acceptors (Lipinski definition) is 5. The van der Waals surface area contributed by atoms with Crippen molar-refractivity contribution in [2.24, 2.45) is 10.9 Å². The molecule has 6 nitrogen and oxygen atoms in total. The highest BCUT2D eigenvalue weighted by Gasteiger charge is 2.23. The maximum Gasteiger partial charge on any atom is 0.161 e. The third-order valence-corrected chi connectivity index (χ3v) is 3.35. The molecule has 1 aliphatic heterocycles. The Kier molecular flexibility index (Phi) is 4.11. The summed E-state index contributed by atoms with van der Waals surface area (Å²) in [5.41, 5.74) is 7.90. The number of fused-ring (bicyclic) bond motifs is 1. The summed E-state index contributed by atoms with van der Waals surface area (Å²) in [4.78, 5) is 0. The number of nitrogens with one attached hydrogen (secondary N) is 1. The number of rotatable bonds is 4. The second kappa shape index (κ2) is 5.79. The zero-order valence-electron chi connectivity index (χ0n) is 11.1. The number of nitrogens with zero attached hydrogens (tertiary/aromatic N) is 1. The van der Waals surface area contributed by atoms with Gasteiger partial charge in [-0.25, -0.2) is 0 Å². The van der Waals surface area contributed by atoms with Crippen LogP contribution in [0.4, 0.5) is 0 Å². The molecule has 104 valence electrons. The molecular weight excluding hydrogens is 246 g/mol. The number of oxime groups is 1. The van der Waals surface area contributed by atoms with Crippen molar-refractivity contribution in [3.8, 4) is 11.5 Å². The molecule has 0 saturated carbocycles.